The van der Waals surface area contributed by atoms with Crippen molar-refractivity contribution in [2.24, 2.45) is 0 Å². The van der Waals surface area contributed by atoms with Gasteiger partial charge in [0.05, 0.1) is 14.2 Å². The number of carbonyl (C=O) groups is 1. The van der Waals surface area contributed by atoms with Gasteiger partial charge in [-0.25, -0.2) is 14.4 Å². The third-order valence-corrected chi connectivity index (χ3v) is 4.14. The molecule has 0 radical (unpaired) electrons. The molecule has 1 amide bonds. The van der Waals surface area contributed by atoms with Crippen LogP contribution in [0.1, 0.15) is 16.1 Å². The molecular weight excluding hydrogens is 375 g/mol. The maximum absolute atomic E-state index is 13.0. The summed E-state index contributed by atoms with van der Waals surface area (Å²) in [6.45, 7) is 0.430. The van der Waals surface area contributed by atoms with Gasteiger partial charge in [0.2, 0.25) is 5.95 Å². The van der Waals surface area contributed by atoms with Crippen molar-refractivity contribution in [3.63, 3.8) is 0 Å². The fraction of sp³-hybridized carbons (Fsp3) is 0.190. The third kappa shape index (κ3) is 5.41. The highest BCUT2D eigenvalue weighted by molar-refractivity contribution is 5.92. The number of benzene rings is 2. The van der Waals surface area contributed by atoms with Crippen LogP contribution < -0.4 is 20.1 Å². The zero-order valence-electron chi connectivity index (χ0n) is 16.1. The van der Waals surface area contributed by atoms with Crippen molar-refractivity contribution in [3.05, 3.63) is 71.8 Å². The van der Waals surface area contributed by atoms with Crippen LogP contribution in [0.2, 0.25) is 0 Å². The van der Waals surface area contributed by atoms with Crippen molar-refractivity contribution in [2.45, 2.75) is 6.42 Å². The van der Waals surface area contributed by atoms with Crippen molar-refractivity contribution in [1.29, 1.82) is 0 Å². The molecule has 0 aliphatic rings. The van der Waals surface area contributed by atoms with Crippen LogP contribution in [0.5, 0.6) is 11.5 Å². The first-order valence-corrected chi connectivity index (χ1v) is 8.94. The lowest BCUT2D eigenvalue weighted by Crippen LogP contribution is -2.26. The Kier molecular flexibility index (Phi) is 6.57. The van der Waals surface area contributed by atoms with Crippen molar-refractivity contribution in [2.75, 3.05) is 26.1 Å². The number of amides is 1. The summed E-state index contributed by atoms with van der Waals surface area (Å²) in [5.74, 6) is 0.907. The average molecular weight is 396 g/mol. The Morgan fingerprint density at radius 3 is 2.52 bits per heavy atom. The summed E-state index contributed by atoms with van der Waals surface area (Å²) in [7, 11) is 3.16. The quantitative estimate of drug-likeness (QED) is 0.607. The van der Waals surface area contributed by atoms with Crippen LogP contribution in [0, 0.1) is 5.82 Å². The van der Waals surface area contributed by atoms with Gasteiger partial charge in [0.15, 0.2) is 11.5 Å². The Labute approximate surface area is 167 Å². The lowest BCUT2D eigenvalue weighted by molar-refractivity contribution is 0.0949. The predicted molar refractivity (Wildman–Crippen MR) is 107 cm³/mol. The molecule has 29 heavy (non-hydrogen) atoms. The Bertz CT molecular complexity index is 980. The molecule has 0 spiro atoms. The number of ether oxygens (including phenoxy) is 2. The molecule has 0 saturated heterocycles. The summed E-state index contributed by atoms with van der Waals surface area (Å²) >= 11 is 0. The lowest BCUT2D eigenvalue weighted by Gasteiger charge is -2.10. The molecule has 0 aliphatic carbocycles. The summed E-state index contributed by atoms with van der Waals surface area (Å²) in [4.78, 5) is 20.7. The van der Waals surface area contributed by atoms with E-state index >= 15 is 0 Å². The minimum Gasteiger partial charge on any atom is -0.493 e. The van der Waals surface area contributed by atoms with E-state index in [0.717, 1.165) is 5.56 Å². The van der Waals surface area contributed by atoms with E-state index in [0.29, 0.717) is 30.2 Å². The summed E-state index contributed by atoms with van der Waals surface area (Å²) in [6.07, 6.45) is 2.11. The second-order valence-corrected chi connectivity index (χ2v) is 6.09. The first-order chi connectivity index (χ1) is 14.1. The molecule has 0 aliphatic heterocycles. The number of rotatable bonds is 8. The fourth-order valence-electron chi connectivity index (χ4n) is 2.65. The van der Waals surface area contributed by atoms with Gasteiger partial charge in [-0.3, -0.25) is 4.79 Å². The van der Waals surface area contributed by atoms with Crippen molar-refractivity contribution < 1.29 is 18.7 Å². The predicted octanol–water partition coefficient (Wildman–Crippen LogP) is 3.35. The monoisotopic (exact) mass is 396 g/mol. The molecule has 0 unspecified atom stereocenters. The summed E-state index contributed by atoms with van der Waals surface area (Å²) in [5.41, 5.74) is 1.86. The largest absolute Gasteiger partial charge is 0.493 e. The Hall–Kier alpha value is -3.68. The molecule has 0 atom stereocenters. The molecule has 150 valence electrons. The van der Waals surface area contributed by atoms with E-state index in [-0.39, 0.29) is 23.4 Å². The lowest BCUT2D eigenvalue weighted by atomic mass is 10.1. The highest BCUT2D eigenvalue weighted by Crippen LogP contribution is 2.27. The molecule has 1 heterocycles. The van der Waals surface area contributed by atoms with Crippen LogP contribution in [0.3, 0.4) is 0 Å². The molecule has 2 aromatic carbocycles. The van der Waals surface area contributed by atoms with Crippen molar-refractivity contribution in [3.8, 4) is 11.5 Å². The van der Waals surface area contributed by atoms with E-state index in [1.54, 1.807) is 26.4 Å². The van der Waals surface area contributed by atoms with Gasteiger partial charge in [0, 0.05) is 18.4 Å². The van der Waals surface area contributed by atoms with E-state index in [1.807, 2.05) is 18.2 Å². The number of nitrogens with zero attached hydrogens (tertiary/aromatic N) is 2. The highest BCUT2D eigenvalue weighted by atomic mass is 19.1. The van der Waals surface area contributed by atoms with Crippen LogP contribution >= 0.6 is 0 Å². The van der Waals surface area contributed by atoms with E-state index in [4.69, 9.17) is 9.47 Å². The number of methoxy groups -OCH3 is 2. The Balaban J connectivity index is 1.57. The van der Waals surface area contributed by atoms with Crippen LogP contribution in [0.25, 0.3) is 0 Å². The van der Waals surface area contributed by atoms with E-state index in [1.165, 1.54) is 24.4 Å². The maximum Gasteiger partial charge on any atom is 0.270 e. The number of nitrogens with one attached hydrogen (secondary N) is 2. The summed E-state index contributed by atoms with van der Waals surface area (Å²) < 4.78 is 23.5. The molecule has 7 nitrogen and oxygen atoms in total. The summed E-state index contributed by atoms with van der Waals surface area (Å²) in [5, 5.41) is 5.77. The van der Waals surface area contributed by atoms with Crippen LogP contribution in [0.15, 0.2) is 54.7 Å². The number of hydrogen-bond donors (Lipinski definition) is 2. The SMILES string of the molecule is COc1ccc(CCNC(=O)c2ccnc(Nc3ccc(F)cc3)n2)cc1OC. The summed E-state index contributed by atoms with van der Waals surface area (Å²) in [6, 6.07) is 12.9. The second-order valence-electron chi connectivity index (χ2n) is 6.09. The molecule has 0 bridgehead atoms. The number of hydrogen-bond acceptors (Lipinski definition) is 6. The van der Waals surface area contributed by atoms with Gasteiger partial charge in [-0.2, -0.15) is 0 Å². The van der Waals surface area contributed by atoms with Gasteiger partial charge in [0.1, 0.15) is 11.5 Å². The van der Waals surface area contributed by atoms with Crippen LogP contribution in [0.4, 0.5) is 16.0 Å². The van der Waals surface area contributed by atoms with Gasteiger partial charge < -0.3 is 20.1 Å². The molecule has 1 aromatic heterocycles. The van der Waals surface area contributed by atoms with Gasteiger partial charge in [0.25, 0.3) is 5.91 Å². The fourth-order valence-corrected chi connectivity index (χ4v) is 2.65. The minimum absolute atomic E-state index is 0.233. The smallest absolute Gasteiger partial charge is 0.270 e. The minimum atomic E-state index is -0.334. The van der Waals surface area contributed by atoms with Gasteiger partial charge >= 0.3 is 0 Å². The molecule has 3 rings (SSSR count). The number of carbonyl (C=O) groups excluding carboxylic acids is 1. The van der Waals surface area contributed by atoms with E-state index in [9.17, 15) is 9.18 Å². The number of aromatic nitrogens is 2. The standard InChI is InChI=1S/C21H21FN4O3/c1-28-18-8-3-14(13-19(18)29-2)9-11-23-20(27)17-10-12-24-21(26-17)25-16-6-4-15(22)5-7-16/h3-8,10,12-13H,9,11H2,1-2H3,(H,23,27)(H,24,25,26). The van der Waals surface area contributed by atoms with Crippen LogP contribution in [-0.4, -0.2) is 36.6 Å². The molecule has 0 saturated carbocycles. The number of anilines is 2. The van der Waals surface area contributed by atoms with Crippen LogP contribution in [-0.2, 0) is 6.42 Å². The Morgan fingerprint density at radius 2 is 1.79 bits per heavy atom. The second kappa shape index (κ2) is 9.50. The Morgan fingerprint density at radius 1 is 1.03 bits per heavy atom. The van der Waals surface area contributed by atoms with E-state index in [2.05, 4.69) is 20.6 Å². The first kappa shape index (κ1) is 20.1. The normalized spacial score (nSPS) is 10.3. The molecule has 3 aromatic rings. The van der Waals surface area contributed by atoms with Crippen molar-refractivity contribution >= 4 is 17.5 Å². The van der Waals surface area contributed by atoms with E-state index < -0.39 is 0 Å². The van der Waals surface area contributed by atoms with Gasteiger partial charge in [-0.05, 0) is 54.4 Å². The highest BCUT2D eigenvalue weighted by Gasteiger charge is 2.10. The molecule has 2 N–H and O–H groups in total. The molecule has 8 heteroatoms. The van der Waals surface area contributed by atoms with Crippen molar-refractivity contribution in [1.82, 2.24) is 15.3 Å². The average Bonchev–Trinajstić information content (AvgIpc) is 2.75. The zero-order chi connectivity index (χ0) is 20.6. The zero-order valence-corrected chi connectivity index (χ0v) is 16.1. The molecular formula is C21H21FN4O3. The van der Waals surface area contributed by atoms with Gasteiger partial charge in [-0.15, -0.1) is 0 Å². The molecule has 0 fully saturated rings. The number of halogens is 1. The first-order valence-electron chi connectivity index (χ1n) is 8.94. The van der Waals surface area contributed by atoms with Gasteiger partial charge in [-0.1, -0.05) is 6.07 Å². The third-order valence-electron chi connectivity index (χ3n) is 4.14. The topological polar surface area (TPSA) is 85.4 Å². The maximum atomic E-state index is 13.0.